The van der Waals surface area contributed by atoms with Gasteiger partial charge in [0.1, 0.15) is 0 Å². The molecule has 0 unspecified atom stereocenters. The summed E-state index contributed by atoms with van der Waals surface area (Å²) in [6.45, 7) is 9.28. The molecule has 0 aromatic heterocycles. The average molecular weight is 365 g/mol. The minimum Gasteiger partial charge on any atom is -0.504 e. The Morgan fingerprint density at radius 3 is 2.23 bits per heavy atom. The fourth-order valence-corrected chi connectivity index (χ4v) is 2.60. The minimum absolute atomic E-state index is 0.0338. The van der Waals surface area contributed by atoms with Crippen LogP contribution in [-0.4, -0.2) is 48.7 Å². The van der Waals surface area contributed by atoms with E-state index >= 15 is 0 Å². The van der Waals surface area contributed by atoms with Crippen molar-refractivity contribution < 1.29 is 24.2 Å². The molecule has 6 heteroatoms. The van der Waals surface area contributed by atoms with Gasteiger partial charge >= 0.3 is 5.97 Å². The zero-order chi connectivity index (χ0) is 19.7. The number of amides is 1. The van der Waals surface area contributed by atoms with Crippen molar-refractivity contribution in [2.24, 2.45) is 11.8 Å². The van der Waals surface area contributed by atoms with Crippen LogP contribution in [0.5, 0.6) is 11.5 Å². The zero-order valence-electron chi connectivity index (χ0n) is 16.4. The summed E-state index contributed by atoms with van der Waals surface area (Å²) in [5.74, 6) is 0.543. The molecule has 1 aromatic carbocycles. The molecule has 1 amide bonds. The van der Waals surface area contributed by atoms with Crippen molar-refractivity contribution in [1.82, 2.24) is 4.90 Å². The van der Waals surface area contributed by atoms with Crippen LogP contribution in [0, 0.1) is 11.8 Å². The van der Waals surface area contributed by atoms with Crippen molar-refractivity contribution in [3.63, 3.8) is 0 Å². The molecule has 0 atom stereocenters. The predicted molar refractivity (Wildman–Crippen MR) is 100 cm³/mol. The summed E-state index contributed by atoms with van der Waals surface area (Å²) in [5, 5.41) is 9.75. The maximum atomic E-state index is 12.3. The Hall–Kier alpha value is -2.24. The molecule has 1 N–H and O–H groups in total. The lowest BCUT2D eigenvalue weighted by atomic mass is 10.1. The van der Waals surface area contributed by atoms with E-state index in [0.29, 0.717) is 37.1 Å². The summed E-state index contributed by atoms with van der Waals surface area (Å²) in [7, 11) is 1.48. The Morgan fingerprint density at radius 1 is 1.12 bits per heavy atom. The highest BCUT2D eigenvalue weighted by Gasteiger charge is 2.18. The lowest BCUT2D eigenvalue weighted by Gasteiger charge is -2.26. The van der Waals surface area contributed by atoms with Gasteiger partial charge in [0.15, 0.2) is 18.1 Å². The summed E-state index contributed by atoms with van der Waals surface area (Å²) >= 11 is 0. The van der Waals surface area contributed by atoms with Crippen molar-refractivity contribution in [2.45, 2.75) is 40.5 Å². The quantitative estimate of drug-likeness (QED) is 0.645. The van der Waals surface area contributed by atoms with Crippen LogP contribution in [0.25, 0.3) is 0 Å². The predicted octanol–water partition coefficient (Wildman–Crippen LogP) is 3.02. The molecule has 0 aliphatic rings. The number of aryl methyl sites for hydroxylation is 1. The second kappa shape index (κ2) is 10.7. The summed E-state index contributed by atoms with van der Waals surface area (Å²) in [6, 6.07) is 4.99. The highest BCUT2D eigenvalue weighted by Crippen LogP contribution is 2.26. The fraction of sp³-hybridized carbons (Fsp3) is 0.600. The molecular formula is C20H31NO5. The van der Waals surface area contributed by atoms with Crippen molar-refractivity contribution >= 4 is 11.9 Å². The number of nitrogens with zero attached hydrogens (tertiary/aromatic N) is 1. The number of benzene rings is 1. The first-order valence-corrected chi connectivity index (χ1v) is 9.02. The van der Waals surface area contributed by atoms with Crippen LogP contribution in [0.1, 0.15) is 39.7 Å². The van der Waals surface area contributed by atoms with Gasteiger partial charge in [-0.1, -0.05) is 33.8 Å². The van der Waals surface area contributed by atoms with E-state index < -0.39 is 5.97 Å². The summed E-state index contributed by atoms with van der Waals surface area (Å²) in [5.41, 5.74) is 0.799. The second-order valence-corrected chi connectivity index (χ2v) is 7.25. The number of rotatable bonds is 10. The lowest BCUT2D eigenvalue weighted by Crippen LogP contribution is -2.39. The third kappa shape index (κ3) is 7.76. The molecule has 1 aromatic rings. The van der Waals surface area contributed by atoms with Crippen LogP contribution in [0.3, 0.4) is 0 Å². The fourth-order valence-electron chi connectivity index (χ4n) is 2.60. The molecule has 146 valence electrons. The topological polar surface area (TPSA) is 76.1 Å². The van der Waals surface area contributed by atoms with Gasteiger partial charge in [0.05, 0.1) is 7.11 Å². The first kappa shape index (κ1) is 21.8. The van der Waals surface area contributed by atoms with E-state index in [1.165, 1.54) is 7.11 Å². The van der Waals surface area contributed by atoms with Gasteiger partial charge < -0.3 is 19.5 Å². The van der Waals surface area contributed by atoms with Crippen molar-refractivity contribution in [3.05, 3.63) is 23.8 Å². The molecule has 0 heterocycles. The molecule has 6 nitrogen and oxygen atoms in total. The standard InChI is InChI=1S/C20H31NO5/c1-14(2)11-21(12-15(3)4)19(23)13-26-20(24)9-7-16-6-8-18(25-5)17(22)10-16/h6,8,10,14-15,22H,7,9,11-13H2,1-5H3. The highest BCUT2D eigenvalue weighted by atomic mass is 16.5. The first-order valence-electron chi connectivity index (χ1n) is 9.02. The number of ether oxygens (including phenoxy) is 2. The van der Waals surface area contributed by atoms with Gasteiger partial charge in [0.2, 0.25) is 0 Å². The summed E-state index contributed by atoms with van der Waals surface area (Å²) in [6.07, 6.45) is 0.569. The molecule has 0 fully saturated rings. The molecule has 0 bridgehead atoms. The Bertz CT molecular complexity index is 588. The SMILES string of the molecule is COc1ccc(CCC(=O)OCC(=O)N(CC(C)C)CC(C)C)cc1O. The van der Waals surface area contributed by atoms with E-state index in [-0.39, 0.29) is 24.7 Å². The minimum atomic E-state index is -0.428. The summed E-state index contributed by atoms with van der Waals surface area (Å²) in [4.78, 5) is 26.0. The summed E-state index contributed by atoms with van der Waals surface area (Å²) < 4.78 is 10.1. The molecule has 0 spiro atoms. The lowest BCUT2D eigenvalue weighted by molar-refractivity contribution is -0.152. The highest BCUT2D eigenvalue weighted by molar-refractivity contribution is 5.80. The van der Waals surface area contributed by atoms with Crippen molar-refractivity contribution in [2.75, 3.05) is 26.8 Å². The first-order chi connectivity index (χ1) is 12.2. The Morgan fingerprint density at radius 2 is 1.73 bits per heavy atom. The normalized spacial score (nSPS) is 10.9. The number of hydrogen-bond acceptors (Lipinski definition) is 5. The molecule has 0 aliphatic carbocycles. The second-order valence-electron chi connectivity index (χ2n) is 7.25. The van der Waals surface area contributed by atoms with Gasteiger partial charge in [-0.15, -0.1) is 0 Å². The van der Waals surface area contributed by atoms with Crippen LogP contribution < -0.4 is 4.74 Å². The smallest absolute Gasteiger partial charge is 0.306 e. The maximum absolute atomic E-state index is 12.3. The van der Waals surface area contributed by atoms with E-state index in [2.05, 4.69) is 27.7 Å². The number of methoxy groups -OCH3 is 1. The number of aromatic hydroxyl groups is 1. The van der Waals surface area contributed by atoms with E-state index in [9.17, 15) is 14.7 Å². The van der Waals surface area contributed by atoms with Crippen LogP contribution in [0.15, 0.2) is 18.2 Å². The van der Waals surface area contributed by atoms with Gasteiger partial charge in [-0.2, -0.15) is 0 Å². The van der Waals surface area contributed by atoms with Gasteiger partial charge in [0.25, 0.3) is 5.91 Å². The number of carbonyl (C=O) groups excluding carboxylic acids is 2. The van der Waals surface area contributed by atoms with Crippen molar-refractivity contribution in [1.29, 1.82) is 0 Å². The third-order valence-corrected chi connectivity index (χ3v) is 3.74. The maximum Gasteiger partial charge on any atom is 0.306 e. The van der Waals surface area contributed by atoms with Crippen LogP contribution in [0.4, 0.5) is 0 Å². The molecule has 0 radical (unpaired) electrons. The van der Waals surface area contributed by atoms with Crippen LogP contribution in [0.2, 0.25) is 0 Å². The number of hydrogen-bond donors (Lipinski definition) is 1. The molecule has 0 aliphatic heterocycles. The van der Waals surface area contributed by atoms with Gasteiger partial charge in [0, 0.05) is 19.5 Å². The van der Waals surface area contributed by atoms with Crippen LogP contribution >= 0.6 is 0 Å². The largest absolute Gasteiger partial charge is 0.504 e. The van der Waals surface area contributed by atoms with E-state index in [4.69, 9.17) is 9.47 Å². The van der Waals surface area contributed by atoms with Gasteiger partial charge in [-0.05, 0) is 36.0 Å². The number of carbonyl (C=O) groups is 2. The molecular weight excluding hydrogens is 334 g/mol. The monoisotopic (exact) mass is 365 g/mol. The Balaban J connectivity index is 2.46. The van der Waals surface area contributed by atoms with Crippen molar-refractivity contribution in [3.8, 4) is 11.5 Å². The van der Waals surface area contributed by atoms with Gasteiger partial charge in [-0.3, -0.25) is 9.59 Å². The Kier molecular flexibility index (Phi) is 8.96. The Labute approximate surface area is 156 Å². The molecule has 0 saturated carbocycles. The molecule has 1 rings (SSSR count). The number of phenolic OH excluding ortho intramolecular Hbond substituents is 1. The van der Waals surface area contributed by atoms with Gasteiger partial charge in [-0.25, -0.2) is 0 Å². The molecule has 0 saturated heterocycles. The third-order valence-electron chi connectivity index (χ3n) is 3.74. The van der Waals surface area contributed by atoms with E-state index in [1.54, 1.807) is 23.1 Å². The number of esters is 1. The van der Waals surface area contributed by atoms with E-state index in [1.807, 2.05) is 0 Å². The van der Waals surface area contributed by atoms with E-state index in [0.717, 1.165) is 5.56 Å². The average Bonchev–Trinajstić information content (AvgIpc) is 2.56. The zero-order valence-corrected chi connectivity index (χ0v) is 16.4. The molecule has 26 heavy (non-hydrogen) atoms. The number of phenols is 1. The van der Waals surface area contributed by atoms with Crippen LogP contribution in [-0.2, 0) is 20.7 Å².